The molecule has 2 rings (SSSR count). The van der Waals surface area contributed by atoms with Gasteiger partial charge in [-0.3, -0.25) is 4.79 Å². The third-order valence-corrected chi connectivity index (χ3v) is 2.48. The summed E-state index contributed by atoms with van der Waals surface area (Å²) in [6.07, 6.45) is 2.71. The van der Waals surface area contributed by atoms with Gasteiger partial charge in [-0.25, -0.2) is 0 Å². The van der Waals surface area contributed by atoms with Gasteiger partial charge in [0.25, 0.3) is 5.91 Å². The molecule has 1 amide bonds. The van der Waals surface area contributed by atoms with Gasteiger partial charge in [-0.05, 0) is 30.7 Å². The van der Waals surface area contributed by atoms with E-state index < -0.39 is 19.9 Å². The summed E-state index contributed by atoms with van der Waals surface area (Å²) in [6.45, 7) is -4.68. The van der Waals surface area contributed by atoms with E-state index in [1.165, 1.54) is 12.1 Å². The van der Waals surface area contributed by atoms with Gasteiger partial charge in [0.05, 0.1) is 5.69 Å². The first-order valence-electron chi connectivity index (χ1n) is 8.19. The van der Waals surface area contributed by atoms with Gasteiger partial charge in [-0.1, -0.05) is 6.08 Å². The van der Waals surface area contributed by atoms with E-state index in [-0.39, 0.29) is 10.6 Å². The molecule has 1 aromatic rings. The molecule has 0 aromatic carbocycles. The Hall–Kier alpha value is -1.75. The first-order chi connectivity index (χ1) is 10.6. The average molecular weight is 238 g/mol. The maximum Gasteiger partial charge on any atom is 0.273 e. The van der Waals surface area contributed by atoms with E-state index in [9.17, 15) is 4.79 Å². The molecule has 17 heavy (non-hydrogen) atoms. The van der Waals surface area contributed by atoms with Gasteiger partial charge >= 0.3 is 0 Å². The lowest BCUT2D eigenvalue weighted by Gasteiger charge is -2.13. The Labute approximate surface area is 109 Å². The molecule has 0 atom stereocenters. The molecule has 5 heteroatoms. The molecule has 1 aliphatic heterocycles. The van der Waals surface area contributed by atoms with E-state index in [0.717, 1.165) is 18.5 Å². The van der Waals surface area contributed by atoms with Crippen molar-refractivity contribution < 1.29 is 13.0 Å². The zero-order valence-corrected chi connectivity index (χ0v) is 9.10. The number of nitrogens with zero attached hydrogens (tertiary/aromatic N) is 3. The minimum absolute atomic E-state index is 0.131. The molecule has 1 aliphatic rings. The van der Waals surface area contributed by atoms with E-state index in [1.54, 1.807) is 0 Å². The first-order valence-corrected chi connectivity index (χ1v) is 5.19. The number of nitrogens with one attached hydrogen (secondary N) is 1. The molecule has 0 aliphatic carbocycles. The summed E-state index contributed by atoms with van der Waals surface area (Å²) in [7, 11) is 0. The monoisotopic (exact) mass is 238 g/mol. The van der Waals surface area contributed by atoms with Crippen LogP contribution in [-0.2, 0) is 0 Å². The Morgan fingerprint density at radius 3 is 2.94 bits per heavy atom. The van der Waals surface area contributed by atoms with Crippen molar-refractivity contribution in [1.29, 1.82) is 0 Å². The number of carbonyl (C=O) groups is 1. The fraction of sp³-hybridized carbons (Fsp3) is 0.417. The van der Waals surface area contributed by atoms with Crippen molar-refractivity contribution in [2.75, 3.05) is 27.0 Å². The minimum Gasteiger partial charge on any atom is -0.343 e. The van der Waals surface area contributed by atoms with E-state index in [2.05, 4.69) is 15.5 Å². The van der Waals surface area contributed by atoms with Gasteiger partial charge in [0.1, 0.15) is 0 Å². The first kappa shape index (κ1) is 6.26. The molecule has 0 unspecified atom stereocenters. The third-order valence-electron chi connectivity index (χ3n) is 2.48. The molecule has 0 saturated carbocycles. The van der Waals surface area contributed by atoms with Crippen LogP contribution in [0.2, 0.25) is 0 Å². The summed E-state index contributed by atoms with van der Waals surface area (Å²) in [4.78, 5) is 12.1. The molecule has 0 fully saturated rings. The highest BCUT2D eigenvalue weighted by Gasteiger charge is 2.12. The molecule has 2 heterocycles. The Bertz CT molecular complexity index is 593. The Balaban J connectivity index is 2.27. The smallest absolute Gasteiger partial charge is 0.273 e. The predicted octanol–water partition coefficient (Wildman–Crippen LogP) is 0.555. The topological polar surface area (TPSA) is 58.1 Å². The third kappa shape index (κ3) is 2.68. The fourth-order valence-electron chi connectivity index (χ4n) is 1.59. The highest BCUT2D eigenvalue weighted by atomic mass is 16.2. The number of hydrogen-bond donors (Lipinski definition) is 1. The maximum atomic E-state index is 12.2. The molecule has 5 nitrogen and oxygen atoms in total. The van der Waals surface area contributed by atoms with Crippen LogP contribution in [0.15, 0.2) is 18.2 Å². The average Bonchev–Trinajstić information content (AvgIpc) is 2.45. The normalized spacial score (nSPS) is 22.0. The largest absolute Gasteiger partial charge is 0.343 e. The molecule has 0 bridgehead atoms. The van der Waals surface area contributed by atoms with Crippen molar-refractivity contribution in [1.82, 2.24) is 20.4 Å². The van der Waals surface area contributed by atoms with Crippen molar-refractivity contribution in [3.8, 4) is 0 Å². The van der Waals surface area contributed by atoms with Gasteiger partial charge < -0.3 is 10.2 Å². The standard InChI is InChI=1S/C12H16N4O/c1-16(2)12(17)11-4-3-10(14-15-11)9-5-7-13-8-6-9/h3-5,13H,6-8H2,1-2H3/i1D3,2D3. The van der Waals surface area contributed by atoms with Crippen molar-refractivity contribution >= 4 is 11.5 Å². The maximum absolute atomic E-state index is 12.2. The second-order valence-corrected chi connectivity index (χ2v) is 3.63. The molecule has 1 aromatic heterocycles. The number of carbonyl (C=O) groups excluding carboxylic acids is 1. The summed E-state index contributed by atoms with van der Waals surface area (Å²) >= 11 is 0. The second-order valence-electron chi connectivity index (χ2n) is 3.63. The van der Waals surface area contributed by atoms with Gasteiger partial charge in [0, 0.05) is 28.7 Å². The van der Waals surface area contributed by atoms with Crippen molar-refractivity contribution in [3.63, 3.8) is 0 Å². The Kier molecular flexibility index (Phi) is 1.86. The van der Waals surface area contributed by atoms with Crippen LogP contribution in [0.3, 0.4) is 0 Å². The van der Waals surface area contributed by atoms with E-state index >= 15 is 0 Å². The second kappa shape index (κ2) is 5.05. The zero-order valence-electron chi connectivity index (χ0n) is 15.1. The number of hydrogen-bond acceptors (Lipinski definition) is 4. The SMILES string of the molecule is [2H]C([2H])([2H])N(C(=O)c1ccc(C2=CCNCC2)nn1)C([2H])([2H])[2H]. The summed E-state index contributed by atoms with van der Waals surface area (Å²) in [5.41, 5.74) is 1.23. The molecule has 0 saturated heterocycles. The van der Waals surface area contributed by atoms with Gasteiger partial charge in [0.15, 0.2) is 5.69 Å². The number of aromatic nitrogens is 2. The molecule has 1 N–H and O–H groups in total. The summed E-state index contributed by atoms with van der Waals surface area (Å²) in [5, 5.41) is 10.8. The van der Waals surface area contributed by atoms with E-state index in [1.807, 2.05) is 6.08 Å². The van der Waals surface area contributed by atoms with Crippen LogP contribution in [0, 0.1) is 0 Å². The summed E-state index contributed by atoms with van der Waals surface area (Å²) < 4.78 is 43.4. The number of amides is 1. The van der Waals surface area contributed by atoms with Crippen LogP contribution in [0.25, 0.3) is 5.57 Å². The molecular formula is C12H16N4O. The lowest BCUT2D eigenvalue weighted by atomic mass is 10.1. The van der Waals surface area contributed by atoms with Gasteiger partial charge in [-0.15, -0.1) is 5.10 Å². The molecule has 0 spiro atoms. The Morgan fingerprint density at radius 2 is 2.35 bits per heavy atom. The lowest BCUT2D eigenvalue weighted by molar-refractivity contribution is 0.0821. The van der Waals surface area contributed by atoms with Crippen LogP contribution in [0.5, 0.6) is 0 Å². The van der Waals surface area contributed by atoms with Crippen LogP contribution in [0.4, 0.5) is 0 Å². The highest BCUT2D eigenvalue weighted by molar-refractivity contribution is 5.91. The molecule has 0 radical (unpaired) electrons. The van der Waals surface area contributed by atoms with Crippen molar-refractivity contribution in [3.05, 3.63) is 29.6 Å². The predicted molar refractivity (Wildman–Crippen MR) is 65.5 cm³/mol. The quantitative estimate of drug-likeness (QED) is 0.817. The van der Waals surface area contributed by atoms with Crippen molar-refractivity contribution in [2.24, 2.45) is 0 Å². The van der Waals surface area contributed by atoms with Crippen LogP contribution in [-0.4, -0.2) is 48.0 Å². The van der Waals surface area contributed by atoms with Gasteiger partial charge in [0.2, 0.25) is 0 Å². The molecule has 90 valence electrons. The molecular weight excluding hydrogens is 216 g/mol. The van der Waals surface area contributed by atoms with E-state index in [0.29, 0.717) is 12.2 Å². The van der Waals surface area contributed by atoms with Crippen LogP contribution < -0.4 is 5.32 Å². The summed E-state index contributed by atoms with van der Waals surface area (Å²) in [6, 6.07) is 2.83. The number of rotatable bonds is 2. The summed E-state index contributed by atoms with van der Waals surface area (Å²) in [5.74, 6) is -1.21. The van der Waals surface area contributed by atoms with E-state index in [4.69, 9.17) is 8.22 Å². The lowest BCUT2D eigenvalue weighted by Crippen LogP contribution is -2.23. The minimum atomic E-state index is -3.10. The Morgan fingerprint density at radius 1 is 1.47 bits per heavy atom. The van der Waals surface area contributed by atoms with Crippen LogP contribution in [0.1, 0.15) is 30.8 Å². The highest BCUT2D eigenvalue weighted by Crippen LogP contribution is 2.16. The van der Waals surface area contributed by atoms with Crippen molar-refractivity contribution in [2.45, 2.75) is 6.42 Å². The van der Waals surface area contributed by atoms with Gasteiger partial charge in [-0.2, -0.15) is 5.10 Å². The fourth-order valence-corrected chi connectivity index (χ4v) is 1.59. The zero-order chi connectivity index (χ0) is 17.3. The van der Waals surface area contributed by atoms with Crippen LogP contribution >= 0.6 is 0 Å².